The van der Waals surface area contributed by atoms with Crippen molar-refractivity contribution in [2.75, 3.05) is 53.0 Å². The van der Waals surface area contributed by atoms with E-state index in [4.69, 9.17) is 9.84 Å². The van der Waals surface area contributed by atoms with Crippen molar-refractivity contribution >= 4 is 0 Å². The lowest BCUT2D eigenvalue weighted by atomic mass is 9.86. The van der Waals surface area contributed by atoms with Crippen LogP contribution in [0.3, 0.4) is 0 Å². The van der Waals surface area contributed by atoms with Crippen LogP contribution < -0.4 is 5.32 Å². The molecule has 0 aromatic rings. The van der Waals surface area contributed by atoms with Gasteiger partial charge < -0.3 is 20.1 Å². The Morgan fingerprint density at radius 3 is 2.79 bits per heavy atom. The first-order valence-corrected chi connectivity index (χ1v) is 7.80. The summed E-state index contributed by atoms with van der Waals surface area (Å²) in [5.74, 6) is 0. The van der Waals surface area contributed by atoms with Gasteiger partial charge in [0.25, 0.3) is 0 Å². The molecular weight excluding hydrogens is 240 g/mol. The van der Waals surface area contributed by atoms with Gasteiger partial charge in [-0.05, 0) is 52.2 Å². The van der Waals surface area contributed by atoms with Crippen LogP contribution in [0, 0.1) is 5.41 Å². The van der Waals surface area contributed by atoms with Gasteiger partial charge >= 0.3 is 0 Å². The molecule has 1 aliphatic rings. The minimum Gasteiger partial charge on any atom is -0.396 e. The van der Waals surface area contributed by atoms with E-state index in [-0.39, 0.29) is 0 Å². The largest absolute Gasteiger partial charge is 0.396 e. The van der Waals surface area contributed by atoms with Gasteiger partial charge in [0.05, 0.1) is 6.61 Å². The topological polar surface area (TPSA) is 44.7 Å². The monoisotopic (exact) mass is 272 g/mol. The molecule has 1 atom stereocenters. The number of aliphatic hydroxyl groups excluding tert-OH is 1. The molecule has 2 N–H and O–H groups in total. The lowest BCUT2D eigenvalue weighted by Gasteiger charge is -2.32. The zero-order valence-electron chi connectivity index (χ0n) is 12.8. The van der Waals surface area contributed by atoms with Gasteiger partial charge in [-0.2, -0.15) is 0 Å². The molecule has 0 radical (unpaired) electrons. The second kappa shape index (κ2) is 9.70. The molecule has 1 aliphatic heterocycles. The maximum Gasteiger partial charge on any atom is 0.0547 e. The number of rotatable bonds is 11. The average molecular weight is 272 g/mol. The smallest absolute Gasteiger partial charge is 0.0547 e. The molecule has 1 fully saturated rings. The first-order valence-electron chi connectivity index (χ1n) is 7.80. The highest BCUT2D eigenvalue weighted by Crippen LogP contribution is 2.28. The molecule has 4 nitrogen and oxygen atoms in total. The van der Waals surface area contributed by atoms with Crippen molar-refractivity contribution in [2.24, 2.45) is 5.41 Å². The van der Waals surface area contributed by atoms with Gasteiger partial charge in [0.2, 0.25) is 0 Å². The first kappa shape index (κ1) is 16.9. The minimum absolute atomic E-state index is 0.306. The van der Waals surface area contributed by atoms with Crippen LogP contribution in [0.4, 0.5) is 0 Å². The van der Waals surface area contributed by atoms with E-state index in [1.807, 2.05) is 0 Å². The third-order valence-electron chi connectivity index (χ3n) is 3.92. The van der Waals surface area contributed by atoms with E-state index in [0.29, 0.717) is 12.0 Å². The maximum atomic E-state index is 8.78. The third-order valence-corrected chi connectivity index (χ3v) is 3.92. The molecule has 0 aromatic carbocycles. The predicted octanol–water partition coefficient (Wildman–Crippen LogP) is 1.49. The normalized spacial score (nSPS) is 23.4. The van der Waals surface area contributed by atoms with Gasteiger partial charge in [-0.1, -0.05) is 6.92 Å². The van der Waals surface area contributed by atoms with Crippen molar-refractivity contribution in [3.8, 4) is 0 Å². The Balaban J connectivity index is 2.27. The molecule has 0 aromatic heterocycles. The Morgan fingerprint density at radius 2 is 2.16 bits per heavy atom. The van der Waals surface area contributed by atoms with E-state index < -0.39 is 0 Å². The quantitative estimate of drug-likeness (QED) is 0.559. The van der Waals surface area contributed by atoms with Crippen molar-refractivity contribution < 1.29 is 9.84 Å². The van der Waals surface area contributed by atoms with Crippen molar-refractivity contribution in [3.05, 3.63) is 0 Å². The fraction of sp³-hybridized carbons (Fsp3) is 1.00. The molecule has 1 rings (SSSR count). The second-order valence-corrected chi connectivity index (χ2v) is 6.00. The number of nitrogens with one attached hydrogen (secondary N) is 1. The molecule has 0 amide bonds. The van der Waals surface area contributed by atoms with E-state index in [0.717, 1.165) is 52.2 Å². The summed E-state index contributed by atoms with van der Waals surface area (Å²) in [7, 11) is 2.21. The summed E-state index contributed by atoms with van der Waals surface area (Å²) >= 11 is 0. The Bertz CT molecular complexity index is 218. The van der Waals surface area contributed by atoms with E-state index in [1.165, 1.54) is 19.3 Å². The fourth-order valence-electron chi connectivity index (χ4n) is 2.82. The Labute approximate surface area is 118 Å². The SMILES string of the molecule is CCCNCC1(CN(C)CCCCCO)CCOC1. The lowest BCUT2D eigenvalue weighted by Crippen LogP contribution is -2.44. The summed E-state index contributed by atoms with van der Waals surface area (Å²) in [6.07, 6.45) is 5.59. The number of unbranched alkanes of at least 4 members (excludes halogenated alkanes) is 2. The van der Waals surface area contributed by atoms with Gasteiger partial charge in [0, 0.05) is 31.7 Å². The van der Waals surface area contributed by atoms with Crippen LogP contribution in [0.1, 0.15) is 39.0 Å². The van der Waals surface area contributed by atoms with Crippen molar-refractivity contribution in [1.29, 1.82) is 0 Å². The Hall–Kier alpha value is -0.160. The van der Waals surface area contributed by atoms with Crippen molar-refractivity contribution in [3.63, 3.8) is 0 Å². The van der Waals surface area contributed by atoms with Crippen LogP contribution in [-0.4, -0.2) is 63.1 Å². The van der Waals surface area contributed by atoms with Crippen LogP contribution in [0.15, 0.2) is 0 Å². The summed E-state index contributed by atoms with van der Waals surface area (Å²) in [4.78, 5) is 2.43. The van der Waals surface area contributed by atoms with E-state index >= 15 is 0 Å². The zero-order valence-corrected chi connectivity index (χ0v) is 12.8. The molecule has 1 heterocycles. The Morgan fingerprint density at radius 1 is 1.32 bits per heavy atom. The highest BCUT2D eigenvalue weighted by molar-refractivity contribution is 4.87. The molecule has 0 spiro atoms. The molecular formula is C15H32N2O2. The molecule has 114 valence electrons. The minimum atomic E-state index is 0.306. The molecule has 0 saturated carbocycles. The summed E-state index contributed by atoms with van der Waals surface area (Å²) < 4.78 is 5.64. The highest BCUT2D eigenvalue weighted by atomic mass is 16.5. The van der Waals surface area contributed by atoms with Crippen LogP contribution in [0.2, 0.25) is 0 Å². The van der Waals surface area contributed by atoms with E-state index in [2.05, 4.69) is 24.2 Å². The third kappa shape index (κ3) is 6.70. The highest BCUT2D eigenvalue weighted by Gasteiger charge is 2.35. The second-order valence-electron chi connectivity index (χ2n) is 6.00. The van der Waals surface area contributed by atoms with E-state index in [1.54, 1.807) is 0 Å². The molecule has 19 heavy (non-hydrogen) atoms. The predicted molar refractivity (Wildman–Crippen MR) is 79.5 cm³/mol. The Kier molecular flexibility index (Phi) is 8.62. The molecule has 4 heteroatoms. The van der Waals surface area contributed by atoms with Crippen LogP contribution in [-0.2, 0) is 4.74 Å². The van der Waals surface area contributed by atoms with Gasteiger partial charge in [0.15, 0.2) is 0 Å². The first-order chi connectivity index (χ1) is 9.22. The van der Waals surface area contributed by atoms with Crippen LogP contribution in [0.5, 0.6) is 0 Å². The molecule has 1 saturated heterocycles. The molecule has 0 aliphatic carbocycles. The average Bonchev–Trinajstić information content (AvgIpc) is 2.84. The molecule has 0 bridgehead atoms. The van der Waals surface area contributed by atoms with Crippen LogP contribution in [0.25, 0.3) is 0 Å². The number of hydrogen-bond donors (Lipinski definition) is 2. The summed E-state index contributed by atoms with van der Waals surface area (Å²) in [5.41, 5.74) is 0.306. The molecule has 1 unspecified atom stereocenters. The summed E-state index contributed by atoms with van der Waals surface area (Å²) in [6, 6.07) is 0. The summed E-state index contributed by atoms with van der Waals surface area (Å²) in [6.45, 7) is 8.74. The lowest BCUT2D eigenvalue weighted by molar-refractivity contribution is 0.118. The maximum absolute atomic E-state index is 8.78. The zero-order chi connectivity index (χ0) is 14.0. The standard InChI is InChI=1S/C15H32N2O2/c1-3-8-16-12-15(7-11-19-14-15)13-17(2)9-5-4-6-10-18/h16,18H,3-14H2,1-2H3. The summed E-state index contributed by atoms with van der Waals surface area (Å²) in [5, 5.41) is 12.3. The van der Waals surface area contributed by atoms with Gasteiger partial charge in [-0.3, -0.25) is 0 Å². The fourth-order valence-corrected chi connectivity index (χ4v) is 2.82. The van der Waals surface area contributed by atoms with E-state index in [9.17, 15) is 0 Å². The van der Waals surface area contributed by atoms with Crippen molar-refractivity contribution in [2.45, 2.75) is 39.0 Å². The number of aliphatic hydroxyl groups is 1. The van der Waals surface area contributed by atoms with Gasteiger partial charge in [-0.15, -0.1) is 0 Å². The van der Waals surface area contributed by atoms with Crippen molar-refractivity contribution in [1.82, 2.24) is 10.2 Å². The number of nitrogens with zero attached hydrogens (tertiary/aromatic N) is 1. The number of hydrogen-bond acceptors (Lipinski definition) is 4. The number of ether oxygens (including phenoxy) is 1. The van der Waals surface area contributed by atoms with Gasteiger partial charge in [0.1, 0.15) is 0 Å². The van der Waals surface area contributed by atoms with Crippen LogP contribution >= 0.6 is 0 Å². The van der Waals surface area contributed by atoms with Gasteiger partial charge in [-0.25, -0.2) is 0 Å².